The van der Waals surface area contributed by atoms with Gasteiger partial charge in [0.15, 0.2) is 5.01 Å². The zero-order valence-electron chi connectivity index (χ0n) is 15.2. The van der Waals surface area contributed by atoms with Crippen LogP contribution in [0.2, 0.25) is 5.02 Å². The summed E-state index contributed by atoms with van der Waals surface area (Å²) in [6.45, 7) is 0.582. The van der Waals surface area contributed by atoms with Crippen molar-refractivity contribution in [2.45, 2.75) is 13.0 Å². The predicted octanol–water partition coefficient (Wildman–Crippen LogP) is 3.76. The highest BCUT2D eigenvalue weighted by atomic mass is 35.5. The molecular weight excluding hydrogens is 412 g/mol. The van der Waals surface area contributed by atoms with Crippen LogP contribution in [0.3, 0.4) is 0 Å². The lowest BCUT2D eigenvalue weighted by atomic mass is 10.1. The molecule has 7 nitrogen and oxygen atoms in total. The van der Waals surface area contributed by atoms with Crippen LogP contribution in [0, 0.1) is 5.92 Å². The second-order valence-corrected chi connectivity index (χ2v) is 7.97. The van der Waals surface area contributed by atoms with Crippen LogP contribution < -0.4 is 15.0 Å². The van der Waals surface area contributed by atoms with Gasteiger partial charge >= 0.3 is 0 Å². The number of rotatable bonds is 6. The van der Waals surface area contributed by atoms with Gasteiger partial charge in [0.1, 0.15) is 12.4 Å². The van der Waals surface area contributed by atoms with E-state index in [-0.39, 0.29) is 24.8 Å². The van der Waals surface area contributed by atoms with E-state index in [1.54, 1.807) is 29.2 Å². The lowest BCUT2D eigenvalue weighted by Gasteiger charge is -2.16. The van der Waals surface area contributed by atoms with Crippen LogP contribution in [0.4, 0.5) is 10.8 Å². The Labute approximate surface area is 176 Å². The summed E-state index contributed by atoms with van der Waals surface area (Å²) in [6, 6.07) is 16.4. The van der Waals surface area contributed by atoms with E-state index < -0.39 is 5.92 Å². The third kappa shape index (κ3) is 4.72. The summed E-state index contributed by atoms with van der Waals surface area (Å²) in [7, 11) is 0. The number of carbonyl (C=O) groups excluding carboxylic acids is 2. The molecule has 1 aromatic heterocycles. The molecule has 1 fully saturated rings. The van der Waals surface area contributed by atoms with Gasteiger partial charge in [0, 0.05) is 23.7 Å². The molecule has 1 saturated heterocycles. The van der Waals surface area contributed by atoms with E-state index in [0.717, 1.165) is 11.4 Å². The molecule has 0 aliphatic carbocycles. The van der Waals surface area contributed by atoms with Crippen molar-refractivity contribution in [2.24, 2.45) is 5.92 Å². The van der Waals surface area contributed by atoms with Crippen molar-refractivity contribution in [3.05, 3.63) is 64.6 Å². The van der Waals surface area contributed by atoms with Crippen LogP contribution in [0.15, 0.2) is 54.6 Å². The number of nitrogens with one attached hydrogen (secondary N) is 1. The Bertz CT molecular complexity index is 1010. The quantitative estimate of drug-likeness (QED) is 0.646. The van der Waals surface area contributed by atoms with E-state index in [9.17, 15) is 9.59 Å². The van der Waals surface area contributed by atoms with Gasteiger partial charge < -0.3 is 15.0 Å². The van der Waals surface area contributed by atoms with Gasteiger partial charge in [-0.1, -0.05) is 41.1 Å². The second kappa shape index (κ2) is 8.59. The van der Waals surface area contributed by atoms with E-state index in [0.29, 0.717) is 21.7 Å². The van der Waals surface area contributed by atoms with Crippen LogP contribution in [0.25, 0.3) is 0 Å². The maximum absolute atomic E-state index is 12.6. The standard InChI is InChI=1S/C20H17ClN4O3S/c21-14-6-8-15(9-7-14)25-11-13(10-18(25)26)19(27)22-20-24-23-17(29-20)12-28-16-4-2-1-3-5-16/h1-9,13H,10-12H2,(H,22,24,27)/t13-/m0/s1. The minimum atomic E-state index is -0.453. The van der Waals surface area contributed by atoms with E-state index in [4.69, 9.17) is 16.3 Å². The molecule has 9 heteroatoms. The van der Waals surface area contributed by atoms with E-state index in [1.165, 1.54) is 11.3 Å². The first kappa shape index (κ1) is 19.4. The topological polar surface area (TPSA) is 84.4 Å². The lowest BCUT2D eigenvalue weighted by molar-refractivity contribution is -0.122. The average Bonchev–Trinajstić information content (AvgIpc) is 3.34. The number of nitrogens with zero attached hydrogens (tertiary/aromatic N) is 3. The third-order valence-electron chi connectivity index (χ3n) is 4.44. The number of hydrogen-bond donors (Lipinski definition) is 1. The van der Waals surface area contributed by atoms with Crippen molar-refractivity contribution in [2.75, 3.05) is 16.8 Å². The first-order valence-corrected chi connectivity index (χ1v) is 10.1. The zero-order chi connectivity index (χ0) is 20.2. The van der Waals surface area contributed by atoms with Crippen LogP contribution in [0.1, 0.15) is 11.4 Å². The van der Waals surface area contributed by atoms with E-state index in [2.05, 4.69) is 15.5 Å². The van der Waals surface area contributed by atoms with Crippen molar-refractivity contribution in [3.8, 4) is 5.75 Å². The molecule has 2 amide bonds. The minimum Gasteiger partial charge on any atom is -0.486 e. The molecule has 0 spiro atoms. The SMILES string of the molecule is O=C(Nc1nnc(COc2ccccc2)s1)[C@H]1CC(=O)N(c2ccc(Cl)cc2)C1. The normalized spacial score (nSPS) is 16.1. The highest BCUT2D eigenvalue weighted by molar-refractivity contribution is 7.15. The monoisotopic (exact) mass is 428 g/mol. The molecule has 0 radical (unpaired) electrons. The highest BCUT2D eigenvalue weighted by Crippen LogP contribution is 2.27. The van der Waals surface area contributed by atoms with Crippen molar-refractivity contribution in [3.63, 3.8) is 0 Å². The number of carbonyl (C=O) groups is 2. The van der Waals surface area contributed by atoms with Gasteiger partial charge in [-0.2, -0.15) is 0 Å². The lowest BCUT2D eigenvalue weighted by Crippen LogP contribution is -2.28. The summed E-state index contributed by atoms with van der Waals surface area (Å²) < 4.78 is 5.63. The largest absolute Gasteiger partial charge is 0.486 e. The molecule has 1 N–H and O–H groups in total. The molecule has 4 rings (SSSR count). The van der Waals surface area contributed by atoms with Gasteiger partial charge in [-0.15, -0.1) is 10.2 Å². The number of hydrogen-bond acceptors (Lipinski definition) is 6. The number of amides is 2. The van der Waals surface area contributed by atoms with Crippen molar-refractivity contribution in [1.82, 2.24) is 10.2 Å². The number of benzene rings is 2. The summed E-state index contributed by atoms with van der Waals surface area (Å²) in [5.41, 5.74) is 0.728. The molecular formula is C20H17ClN4O3S. The Hall–Kier alpha value is -2.97. The first-order valence-electron chi connectivity index (χ1n) is 8.95. The van der Waals surface area contributed by atoms with Crippen molar-refractivity contribution < 1.29 is 14.3 Å². The molecule has 148 valence electrons. The zero-order valence-corrected chi connectivity index (χ0v) is 16.8. The van der Waals surface area contributed by atoms with Crippen molar-refractivity contribution in [1.29, 1.82) is 0 Å². The summed E-state index contributed by atoms with van der Waals surface area (Å²) in [4.78, 5) is 26.5. The first-order chi connectivity index (χ1) is 14.1. The number of ether oxygens (including phenoxy) is 1. The number of anilines is 2. The predicted molar refractivity (Wildman–Crippen MR) is 111 cm³/mol. The number of halogens is 1. The van der Waals surface area contributed by atoms with Gasteiger partial charge in [-0.3, -0.25) is 9.59 Å². The average molecular weight is 429 g/mol. The fraction of sp³-hybridized carbons (Fsp3) is 0.200. The maximum Gasteiger partial charge on any atom is 0.231 e. The fourth-order valence-electron chi connectivity index (χ4n) is 2.99. The van der Waals surface area contributed by atoms with E-state index in [1.807, 2.05) is 30.3 Å². The van der Waals surface area contributed by atoms with Gasteiger partial charge in [0.05, 0.1) is 5.92 Å². The van der Waals surface area contributed by atoms with Gasteiger partial charge in [0.25, 0.3) is 0 Å². The van der Waals surface area contributed by atoms with Crippen LogP contribution in [-0.4, -0.2) is 28.6 Å². The number of aromatic nitrogens is 2. The third-order valence-corrected chi connectivity index (χ3v) is 5.50. The Kier molecular flexibility index (Phi) is 5.73. The summed E-state index contributed by atoms with van der Waals surface area (Å²) in [5, 5.41) is 12.4. The molecule has 3 aromatic rings. The molecule has 1 aliphatic rings. The molecule has 29 heavy (non-hydrogen) atoms. The highest BCUT2D eigenvalue weighted by Gasteiger charge is 2.35. The summed E-state index contributed by atoms with van der Waals surface area (Å²) >= 11 is 7.14. The molecule has 0 unspecified atom stereocenters. The minimum absolute atomic E-state index is 0.0957. The maximum atomic E-state index is 12.6. The summed E-state index contributed by atoms with van der Waals surface area (Å²) in [5.74, 6) is -0.0608. The Morgan fingerprint density at radius 1 is 1.17 bits per heavy atom. The molecule has 1 aliphatic heterocycles. The number of para-hydroxylation sites is 1. The Morgan fingerprint density at radius 3 is 2.69 bits per heavy atom. The van der Waals surface area contributed by atoms with Crippen molar-refractivity contribution >= 4 is 45.6 Å². The molecule has 0 bridgehead atoms. The molecule has 2 heterocycles. The fourth-order valence-corrected chi connectivity index (χ4v) is 3.77. The van der Waals surface area contributed by atoms with Crippen LogP contribution in [0.5, 0.6) is 5.75 Å². The molecule has 0 saturated carbocycles. The second-order valence-electron chi connectivity index (χ2n) is 6.47. The smallest absolute Gasteiger partial charge is 0.231 e. The summed E-state index contributed by atoms with van der Waals surface area (Å²) in [6.07, 6.45) is 0.150. The van der Waals surface area contributed by atoms with Gasteiger partial charge in [-0.25, -0.2) is 0 Å². The Morgan fingerprint density at radius 2 is 1.93 bits per heavy atom. The van der Waals surface area contributed by atoms with Crippen LogP contribution >= 0.6 is 22.9 Å². The molecule has 1 atom stereocenters. The van der Waals surface area contributed by atoms with Gasteiger partial charge in [0.2, 0.25) is 16.9 Å². The van der Waals surface area contributed by atoms with E-state index >= 15 is 0 Å². The molecule has 2 aromatic carbocycles. The Balaban J connectivity index is 1.33. The van der Waals surface area contributed by atoms with Crippen LogP contribution in [-0.2, 0) is 16.2 Å². The van der Waals surface area contributed by atoms with Gasteiger partial charge in [-0.05, 0) is 36.4 Å².